The quantitative estimate of drug-likeness (QED) is 0.514. The summed E-state index contributed by atoms with van der Waals surface area (Å²) in [6, 6.07) is 0. The summed E-state index contributed by atoms with van der Waals surface area (Å²) in [7, 11) is 0. The van der Waals surface area contributed by atoms with Gasteiger partial charge in [-0.3, -0.25) is 0 Å². The van der Waals surface area contributed by atoms with Crippen LogP contribution in [0, 0.1) is 0 Å². The molecule has 0 aromatic carbocycles. The molecule has 0 saturated heterocycles. The molecule has 1 saturated carbocycles. The van der Waals surface area contributed by atoms with Crippen LogP contribution in [0.25, 0.3) is 0 Å². The molecule has 0 aromatic rings. The topological polar surface area (TPSA) is 0 Å². The SMILES string of the molecule is C1CC1.C=CCC.CCCC. The van der Waals surface area contributed by atoms with Gasteiger partial charge in [0.15, 0.2) is 0 Å². The minimum atomic E-state index is 1.08. The van der Waals surface area contributed by atoms with Gasteiger partial charge >= 0.3 is 0 Å². The Morgan fingerprint density at radius 2 is 1.27 bits per heavy atom. The maximum atomic E-state index is 3.48. The smallest absolute Gasteiger partial charge is 0.0382 e. The van der Waals surface area contributed by atoms with Crippen molar-refractivity contribution < 1.29 is 0 Å². The lowest BCUT2D eigenvalue weighted by Crippen LogP contribution is -1.47. The first kappa shape index (κ1) is 13.3. The number of rotatable bonds is 2. The molecule has 1 fully saturated rings. The van der Waals surface area contributed by atoms with E-state index in [0.29, 0.717) is 0 Å². The molecule has 1 aliphatic carbocycles. The summed E-state index contributed by atoms with van der Waals surface area (Å²) in [6.07, 6.45) is 10.1. The van der Waals surface area contributed by atoms with E-state index in [2.05, 4.69) is 27.4 Å². The summed E-state index contributed by atoms with van der Waals surface area (Å²) in [4.78, 5) is 0. The highest BCUT2D eigenvalue weighted by molar-refractivity contribution is 4.60. The van der Waals surface area contributed by atoms with Gasteiger partial charge in [0.1, 0.15) is 0 Å². The van der Waals surface area contributed by atoms with Crippen molar-refractivity contribution in [3.8, 4) is 0 Å². The van der Waals surface area contributed by atoms with E-state index in [4.69, 9.17) is 0 Å². The zero-order valence-corrected chi connectivity index (χ0v) is 8.53. The largest absolute Gasteiger partial charge is 0.103 e. The Labute approximate surface area is 72.7 Å². The van der Waals surface area contributed by atoms with E-state index >= 15 is 0 Å². The van der Waals surface area contributed by atoms with E-state index in [9.17, 15) is 0 Å². The Morgan fingerprint density at radius 1 is 1.00 bits per heavy atom. The molecule has 0 N–H and O–H groups in total. The molecule has 0 aliphatic heterocycles. The van der Waals surface area contributed by atoms with Crippen LogP contribution >= 0.6 is 0 Å². The van der Waals surface area contributed by atoms with E-state index in [1.807, 2.05) is 6.08 Å². The monoisotopic (exact) mass is 156 g/mol. The first-order valence-corrected chi connectivity index (χ1v) is 4.94. The lowest BCUT2D eigenvalue weighted by Gasteiger charge is -1.68. The number of unbranched alkanes of at least 4 members (excludes halogenated alkanes) is 1. The van der Waals surface area contributed by atoms with E-state index in [-0.39, 0.29) is 0 Å². The van der Waals surface area contributed by atoms with Gasteiger partial charge in [-0.2, -0.15) is 0 Å². The van der Waals surface area contributed by atoms with Crippen LogP contribution in [0.15, 0.2) is 12.7 Å². The molecule has 0 amide bonds. The zero-order chi connectivity index (χ0) is 8.95. The van der Waals surface area contributed by atoms with E-state index in [0.717, 1.165) is 6.42 Å². The molecular weight excluding hydrogens is 132 g/mol. The average Bonchev–Trinajstić information content (AvgIpc) is 2.90. The molecule has 1 rings (SSSR count). The summed E-state index contributed by atoms with van der Waals surface area (Å²) in [5.41, 5.74) is 0. The fourth-order valence-electron chi connectivity index (χ4n) is 0. The van der Waals surface area contributed by atoms with Gasteiger partial charge in [-0.25, -0.2) is 0 Å². The van der Waals surface area contributed by atoms with Gasteiger partial charge in [0.25, 0.3) is 0 Å². The van der Waals surface area contributed by atoms with Crippen molar-refractivity contribution >= 4 is 0 Å². The second kappa shape index (κ2) is 16.4. The normalized spacial score (nSPS) is 11.5. The maximum absolute atomic E-state index is 3.48. The lowest BCUT2D eigenvalue weighted by atomic mass is 10.4. The van der Waals surface area contributed by atoms with E-state index < -0.39 is 0 Å². The van der Waals surface area contributed by atoms with Crippen molar-refractivity contribution in [2.45, 2.75) is 59.3 Å². The minimum Gasteiger partial charge on any atom is -0.103 e. The minimum absolute atomic E-state index is 1.08. The fourth-order valence-corrected chi connectivity index (χ4v) is 0. The van der Waals surface area contributed by atoms with Crippen molar-refractivity contribution in [2.24, 2.45) is 0 Å². The predicted octanol–water partition coefficient (Wildman–Crippen LogP) is 4.56. The van der Waals surface area contributed by atoms with Crippen molar-refractivity contribution in [3.63, 3.8) is 0 Å². The third-order valence-corrected chi connectivity index (χ3v) is 1.14. The van der Waals surface area contributed by atoms with Gasteiger partial charge < -0.3 is 0 Å². The second-order valence-corrected chi connectivity index (χ2v) is 2.76. The summed E-state index contributed by atoms with van der Waals surface area (Å²) in [6.45, 7) is 9.90. The molecule has 0 radical (unpaired) electrons. The summed E-state index contributed by atoms with van der Waals surface area (Å²) < 4.78 is 0. The van der Waals surface area contributed by atoms with Crippen LogP contribution in [0.4, 0.5) is 0 Å². The van der Waals surface area contributed by atoms with Gasteiger partial charge in [-0.15, -0.1) is 6.58 Å². The highest BCUT2D eigenvalue weighted by atomic mass is 14.0. The number of allylic oxidation sites excluding steroid dienone is 1. The molecule has 0 heteroatoms. The molecular formula is C11H24. The van der Waals surface area contributed by atoms with Crippen molar-refractivity contribution in [1.29, 1.82) is 0 Å². The average molecular weight is 156 g/mol. The van der Waals surface area contributed by atoms with Gasteiger partial charge in [-0.05, 0) is 6.42 Å². The van der Waals surface area contributed by atoms with Gasteiger partial charge in [0.2, 0.25) is 0 Å². The summed E-state index contributed by atoms with van der Waals surface area (Å²) in [5.74, 6) is 0. The third kappa shape index (κ3) is 77.7. The Bertz CT molecular complexity index is 48.3. The number of hydrogen-bond acceptors (Lipinski definition) is 0. The molecule has 0 bridgehead atoms. The van der Waals surface area contributed by atoms with Crippen LogP contribution in [-0.2, 0) is 0 Å². The van der Waals surface area contributed by atoms with Crippen LogP contribution in [0.5, 0.6) is 0 Å². The highest BCUT2D eigenvalue weighted by Crippen LogP contribution is 2.14. The van der Waals surface area contributed by atoms with Crippen LogP contribution in [-0.4, -0.2) is 0 Å². The molecule has 11 heavy (non-hydrogen) atoms. The van der Waals surface area contributed by atoms with Crippen molar-refractivity contribution in [1.82, 2.24) is 0 Å². The summed E-state index contributed by atoms with van der Waals surface area (Å²) >= 11 is 0. The second-order valence-electron chi connectivity index (χ2n) is 2.76. The Hall–Kier alpha value is -0.260. The molecule has 0 nitrogen and oxygen atoms in total. The maximum Gasteiger partial charge on any atom is -0.0382 e. The zero-order valence-electron chi connectivity index (χ0n) is 8.53. The fraction of sp³-hybridized carbons (Fsp3) is 0.818. The highest BCUT2D eigenvalue weighted by Gasteiger charge is 1.95. The molecule has 1 aliphatic rings. The summed E-state index contributed by atoms with van der Waals surface area (Å²) in [5, 5.41) is 0. The van der Waals surface area contributed by atoms with Crippen LogP contribution < -0.4 is 0 Å². The molecule has 0 spiro atoms. The first-order valence-electron chi connectivity index (χ1n) is 4.94. The molecule has 0 unspecified atom stereocenters. The van der Waals surface area contributed by atoms with E-state index in [1.165, 1.54) is 32.1 Å². The van der Waals surface area contributed by atoms with Crippen LogP contribution in [0.1, 0.15) is 59.3 Å². The Balaban J connectivity index is 0. The van der Waals surface area contributed by atoms with Gasteiger partial charge in [0, 0.05) is 0 Å². The first-order chi connectivity index (χ1) is 5.33. The van der Waals surface area contributed by atoms with Crippen LogP contribution in [0.3, 0.4) is 0 Å². The molecule has 0 aromatic heterocycles. The van der Waals surface area contributed by atoms with Crippen molar-refractivity contribution in [3.05, 3.63) is 12.7 Å². The number of hydrogen-bond donors (Lipinski definition) is 0. The standard InChI is InChI=1S/C4H10.C4H8.C3H6/c2*1-3-4-2;1-2-3-1/h3-4H2,1-2H3;3H,1,4H2,2H3;1-3H2. The van der Waals surface area contributed by atoms with E-state index in [1.54, 1.807) is 0 Å². The van der Waals surface area contributed by atoms with Crippen molar-refractivity contribution in [2.75, 3.05) is 0 Å². The molecule has 0 heterocycles. The van der Waals surface area contributed by atoms with Gasteiger partial charge in [0.05, 0.1) is 0 Å². The third-order valence-electron chi connectivity index (χ3n) is 1.14. The molecule has 0 atom stereocenters. The van der Waals surface area contributed by atoms with Gasteiger partial charge in [-0.1, -0.05) is 59.0 Å². The Morgan fingerprint density at radius 3 is 1.27 bits per heavy atom. The Kier molecular flexibility index (Phi) is 19.9. The molecule has 68 valence electrons. The predicted molar refractivity (Wildman–Crippen MR) is 54.9 cm³/mol. The lowest BCUT2D eigenvalue weighted by molar-refractivity contribution is 0.886. The van der Waals surface area contributed by atoms with Crippen LogP contribution in [0.2, 0.25) is 0 Å².